The Morgan fingerprint density at radius 2 is 1.81 bits per heavy atom. The third-order valence-corrected chi connectivity index (χ3v) is 4.74. The van der Waals surface area contributed by atoms with Gasteiger partial charge in [-0.2, -0.15) is 13.2 Å². The van der Waals surface area contributed by atoms with Crippen LogP contribution in [0.5, 0.6) is 0 Å². The zero-order valence-electron chi connectivity index (χ0n) is 14.6. The fourth-order valence-corrected chi connectivity index (χ4v) is 3.31. The van der Waals surface area contributed by atoms with Gasteiger partial charge in [0.1, 0.15) is 5.82 Å². The number of hydrogen-bond acceptors (Lipinski definition) is 1. The molecular formula is C20H20F4N2O. The number of anilines is 1. The first-order valence-corrected chi connectivity index (χ1v) is 8.81. The second kappa shape index (κ2) is 7.98. The molecule has 0 saturated carbocycles. The number of nitrogens with zero attached hydrogens (tertiary/aromatic N) is 1. The summed E-state index contributed by atoms with van der Waals surface area (Å²) in [4.78, 5) is 14.2. The minimum atomic E-state index is -4.46. The van der Waals surface area contributed by atoms with Crippen LogP contribution in [0.15, 0.2) is 48.5 Å². The van der Waals surface area contributed by atoms with Crippen LogP contribution in [0.2, 0.25) is 0 Å². The molecule has 1 aliphatic heterocycles. The minimum absolute atomic E-state index is 0.0698. The number of carbonyl (C=O) groups is 1. The third-order valence-electron chi connectivity index (χ3n) is 4.74. The number of rotatable bonds is 2. The van der Waals surface area contributed by atoms with Crippen LogP contribution in [0.1, 0.15) is 36.3 Å². The number of alkyl halides is 3. The van der Waals surface area contributed by atoms with Gasteiger partial charge >= 0.3 is 12.2 Å². The van der Waals surface area contributed by atoms with E-state index in [1.54, 1.807) is 17.0 Å². The summed E-state index contributed by atoms with van der Waals surface area (Å²) in [5.41, 5.74) is 0.257. The first kappa shape index (κ1) is 19.2. The SMILES string of the molecule is O=C(Nc1cccc(C(F)(F)F)c1)N1CCCCC(c2ccc(F)cc2)C1. The van der Waals surface area contributed by atoms with Gasteiger partial charge in [-0.1, -0.05) is 24.6 Å². The molecule has 7 heteroatoms. The van der Waals surface area contributed by atoms with Crippen molar-refractivity contribution in [3.63, 3.8) is 0 Å². The Hall–Kier alpha value is -2.57. The summed E-state index contributed by atoms with van der Waals surface area (Å²) in [7, 11) is 0. The normalized spacial score (nSPS) is 18.1. The Morgan fingerprint density at radius 3 is 2.52 bits per heavy atom. The van der Waals surface area contributed by atoms with Gasteiger partial charge in [-0.3, -0.25) is 0 Å². The Balaban J connectivity index is 1.71. The van der Waals surface area contributed by atoms with E-state index in [1.807, 2.05) is 0 Å². The number of urea groups is 1. The maximum absolute atomic E-state index is 13.1. The lowest BCUT2D eigenvalue weighted by atomic mass is 9.94. The molecule has 144 valence electrons. The van der Waals surface area contributed by atoms with E-state index in [0.29, 0.717) is 13.1 Å². The smallest absolute Gasteiger partial charge is 0.324 e. The van der Waals surface area contributed by atoms with E-state index in [-0.39, 0.29) is 17.4 Å². The predicted octanol–water partition coefficient (Wildman–Crippen LogP) is 5.65. The zero-order valence-corrected chi connectivity index (χ0v) is 14.6. The Kier molecular flexibility index (Phi) is 5.68. The molecule has 27 heavy (non-hydrogen) atoms. The van der Waals surface area contributed by atoms with Crippen molar-refractivity contribution in [2.45, 2.75) is 31.4 Å². The van der Waals surface area contributed by atoms with Crippen molar-refractivity contribution in [1.29, 1.82) is 0 Å². The molecule has 3 nitrogen and oxygen atoms in total. The van der Waals surface area contributed by atoms with Crippen LogP contribution in [-0.2, 0) is 6.18 Å². The van der Waals surface area contributed by atoms with Crippen LogP contribution in [0.25, 0.3) is 0 Å². The molecule has 0 aromatic heterocycles. The highest BCUT2D eigenvalue weighted by atomic mass is 19.4. The molecule has 2 amide bonds. The molecule has 0 bridgehead atoms. The average Bonchev–Trinajstić information content (AvgIpc) is 2.88. The summed E-state index contributed by atoms with van der Waals surface area (Å²) in [6, 6.07) is 10.4. The standard InChI is InChI=1S/C20H20F4N2O/c21-17-9-7-14(8-10-17)15-4-1-2-11-26(13-15)19(27)25-18-6-3-5-16(12-18)20(22,23)24/h3,5-10,12,15H,1-2,4,11,13H2,(H,25,27). The summed E-state index contributed by atoms with van der Waals surface area (Å²) in [6.07, 6.45) is -1.85. The number of amides is 2. The molecular weight excluding hydrogens is 360 g/mol. The van der Waals surface area contributed by atoms with Gasteiger partial charge in [-0.05, 0) is 48.7 Å². The van der Waals surface area contributed by atoms with Crippen LogP contribution in [-0.4, -0.2) is 24.0 Å². The first-order valence-electron chi connectivity index (χ1n) is 8.81. The fourth-order valence-electron chi connectivity index (χ4n) is 3.31. The number of likely N-dealkylation sites (tertiary alicyclic amines) is 1. The van der Waals surface area contributed by atoms with Crippen molar-refractivity contribution in [1.82, 2.24) is 4.90 Å². The number of halogens is 4. The number of nitrogens with one attached hydrogen (secondary N) is 1. The molecule has 1 aliphatic rings. The van der Waals surface area contributed by atoms with E-state index < -0.39 is 17.8 Å². The van der Waals surface area contributed by atoms with Crippen LogP contribution in [0.3, 0.4) is 0 Å². The molecule has 2 aromatic carbocycles. The van der Waals surface area contributed by atoms with Crippen molar-refractivity contribution in [3.8, 4) is 0 Å². The van der Waals surface area contributed by atoms with Crippen LogP contribution in [0.4, 0.5) is 28.0 Å². The second-order valence-corrected chi connectivity index (χ2v) is 6.70. The van der Waals surface area contributed by atoms with Gasteiger partial charge in [0.05, 0.1) is 5.56 Å². The van der Waals surface area contributed by atoms with Crippen LogP contribution in [0, 0.1) is 5.82 Å². The van der Waals surface area contributed by atoms with E-state index >= 15 is 0 Å². The fraction of sp³-hybridized carbons (Fsp3) is 0.350. The van der Waals surface area contributed by atoms with Crippen molar-refractivity contribution in [3.05, 3.63) is 65.5 Å². The quantitative estimate of drug-likeness (QED) is 0.671. The van der Waals surface area contributed by atoms with E-state index in [4.69, 9.17) is 0 Å². The maximum atomic E-state index is 13.1. The summed E-state index contributed by atoms with van der Waals surface area (Å²) >= 11 is 0. The van der Waals surface area contributed by atoms with E-state index in [9.17, 15) is 22.4 Å². The monoisotopic (exact) mass is 380 g/mol. The van der Waals surface area contributed by atoms with Gasteiger partial charge in [0.2, 0.25) is 0 Å². The molecule has 1 N–H and O–H groups in total. The molecule has 1 unspecified atom stereocenters. The largest absolute Gasteiger partial charge is 0.416 e. The summed E-state index contributed by atoms with van der Waals surface area (Å²) in [5, 5.41) is 2.56. The molecule has 0 aliphatic carbocycles. The van der Waals surface area contributed by atoms with Crippen LogP contribution < -0.4 is 5.32 Å². The van der Waals surface area contributed by atoms with Crippen molar-refractivity contribution in [2.24, 2.45) is 0 Å². The Bertz CT molecular complexity index is 789. The molecule has 1 saturated heterocycles. The molecule has 0 radical (unpaired) electrons. The van der Waals surface area contributed by atoms with Gasteiger partial charge in [0.25, 0.3) is 0 Å². The van der Waals surface area contributed by atoms with Crippen molar-refractivity contribution in [2.75, 3.05) is 18.4 Å². The van der Waals surface area contributed by atoms with Gasteiger partial charge < -0.3 is 10.2 Å². The average molecular weight is 380 g/mol. The number of hydrogen-bond donors (Lipinski definition) is 1. The first-order chi connectivity index (χ1) is 12.8. The van der Waals surface area contributed by atoms with Gasteiger partial charge in [0, 0.05) is 24.7 Å². The highest BCUT2D eigenvalue weighted by Crippen LogP contribution is 2.31. The number of benzene rings is 2. The van der Waals surface area contributed by atoms with Gasteiger partial charge in [-0.15, -0.1) is 0 Å². The summed E-state index contributed by atoms with van der Waals surface area (Å²) in [5.74, 6) is -0.244. The number of carbonyl (C=O) groups excluding carboxylic acids is 1. The van der Waals surface area contributed by atoms with E-state index in [2.05, 4.69) is 5.32 Å². The maximum Gasteiger partial charge on any atom is 0.416 e. The topological polar surface area (TPSA) is 32.3 Å². The minimum Gasteiger partial charge on any atom is -0.324 e. The zero-order chi connectivity index (χ0) is 19.4. The van der Waals surface area contributed by atoms with Gasteiger partial charge in [0.15, 0.2) is 0 Å². The van der Waals surface area contributed by atoms with Crippen molar-refractivity contribution >= 4 is 11.7 Å². The Labute approximate surface area is 155 Å². The molecule has 1 fully saturated rings. The highest BCUT2D eigenvalue weighted by molar-refractivity contribution is 5.89. The second-order valence-electron chi connectivity index (χ2n) is 6.70. The molecule has 0 spiro atoms. The van der Waals surface area contributed by atoms with Gasteiger partial charge in [-0.25, -0.2) is 9.18 Å². The highest BCUT2D eigenvalue weighted by Gasteiger charge is 2.31. The molecule has 1 heterocycles. The van der Waals surface area contributed by atoms with Crippen LogP contribution >= 0.6 is 0 Å². The predicted molar refractivity (Wildman–Crippen MR) is 95.0 cm³/mol. The summed E-state index contributed by atoms with van der Waals surface area (Å²) in [6.45, 7) is 0.971. The van der Waals surface area contributed by atoms with Crippen molar-refractivity contribution < 1.29 is 22.4 Å². The molecule has 1 atom stereocenters. The molecule has 2 aromatic rings. The third kappa shape index (κ3) is 4.99. The molecule has 3 rings (SSSR count). The lowest BCUT2D eigenvalue weighted by Gasteiger charge is -2.25. The summed E-state index contributed by atoms with van der Waals surface area (Å²) < 4.78 is 51.6. The lowest BCUT2D eigenvalue weighted by molar-refractivity contribution is -0.137. The van der Waals surface area contributed by atoms with E-state index in [1.165, 1.54) is 24.3 Å². The Morgan fingerprint density at radius 1 is 1.07 bits per heavy atom. The van der Waals surface area contributed by atoms with E-state index in [0.717, 1.165) is 37.0 Å². The lowest BCUT2D eigenvalue weighted by Crippen LogP contribution is -2.37.